The van der Waals surface area contributed by atoms with Crippen LogP contribution in [0.3, 0.4) is 0 Å². The molecule has 0 unspecified atom stereocenters. The van der Waals surface area contributed by atoms with Gasteiger partial charge in [-0.05, 0) is 43.4 Å². The zero-order valence-corrected chi connectivity index (χ0v) is 11.8. The van der Waals surface area contributed by atoms with Crippen molar-refractivity contribution in [3.63, 3.8) is 0 Å². The third-order valence-electron chi connectivity index (χ3n) is 3.95. The van der Waals surface area contributed by atoms with E-state index in [4.69, 9.17) is 5.73 Å². The van der Waals surface area contributed by atoms with E-state index in [1.807, 2.05) is 12.1 Å². The number of hydrogen-bond donors (Lipinski definition) is 1. The van der Waals surface area contributed by atoms with E-state index in [0.717, 1.165) is 29.9 Å². The minimum atomic E-state index is 0.559. The van der Waals surface area contributed by atoms with Gasteiger partial charge in [-0.1, -0.05) is 12.1 Å². The van der Waals surface area contributed by atoms with Gasteiger partial charge in [-0.3, -0.25) is 0 Å². The summed E-state index contributed by atoms with van der Waals surface area (Å²) in [6.45, 7) is 0.559. The predicted molar refractivity (Wildman–Crippen MR) is 81.1 cm³/mol. The molecule has 104 valence electrons. The van der Waals surface area contributed by atoms with E-state index >= 15 is 0 Å². The Morgan fingerprint density at radius 2 is 2.05 bits per heavy atom. The van der Waals surface area contributed by atoms with Crippen molar-refractivity contribution in [2.75, 3.05) is 11.9 Å². The van der Waals surface area contributed by atoms with Crippen molar-refractivity contribution >= 4 is 11.5 Å². The number of nitrogens with two attached hydrogens (primary N) is 1. The molecule has 1 aromatic carbocycles. The Bertz CT molecular complexity index is 609. The Morgan fingerprint density at radius 1 is 1.20 bits per heavy atom. The maximum absolute atomic E-state index is 5.72. The van der Waals surface area contributed by atoms with Crippen LogP contribution < -0.4 is 10.6 Å². The van der Waals surface area contributed by atoms with Gasteiger partial charge < -0.3 is 10.6 Å². The summed E-state index contributed by atoms with van der Waals surface area (Å²) < 4.78 is 0. The van der Waals surface area contributed by atoms with Gasteiger partial charge in [0.25, 0.3) is 0 Å². The molecule has 4 heteroatoms. The molecule has 0 amide bonds. The molecular weight excluding hydrogens is 248 g/mol. The van der Waals surface area contributed by atoms with Crippen molar-refractivity contribution in [2.45, 2.75) is 32.2 Å². The van der Waals surface area contributed by atoms with Crippen molar-refractivity contribution < 1.29 is 0 Å². The van der Waals surface area contributed by atoms with Crippen LogP contribution in [0.15, 0.2) is 30.6 Å². The highest BCUT2D eigenvalue weighted by molar-refractivity contribution is 5.63. The van der Waals surface area contributed by atoms with Crippen LogP contribution in [0, 0.1) is 0 Å². The van der Waals surface area contributed by atoms with Crippen LogP contribution in [-0.4, -0.2) is 17.0 Å². The Morgan fingerprint density at radius 3 is 2.90 bits per heavy atom. The van der Waals surface area contributed by atoms with Crippen LogP contribution in [0.4, 0.5) is 11.5 Å². The molecule has 0 saturated carbocycles. The highest BCUT2D eigenvalue weighted by Crippen LogP contribution is 2.30. The van der Waals surface area contributed by atoms with E-state index in [1.165, 1.54) is 24.1 Å². The monoisotopic (exact) mass is 268 g/mol. The van der Waals surface area contributed by atoms with Crippen LogP contribution >= 0.6 is 0 Å². The topological polar surface area (TPSA) is 55.0 Å². The predicted octanol–water partition coefficient (Wildman–Crippen LogP) is 2.58. The summed E-state index contributed by atoms with van der Waals surface area (Å²) in [5.74, 6) is 1.03. The molecule has 2 aromatic rings. The lowest BCUT2D eigenvalue weighted by Crippen LogP contribution is -2.18. The van der Waals surface area contributed by atoms with Gasteiger partial charge in [0.2, 0.25) is 0 Å². The molecule has 0 spiro atoms. The van der Waals surface area contributed by atoms with Crippen LogP contribution in [0.5, 0.6) is 0 Å². The Hall–Kier alpha value is -1.94. The average molecular weight is 268 g/mol. The quantitative estimate of drug-likeness (QED) is 0.929. The molecule has 0 radical (unpaired) electrons. The Kier molecular flexibility index (Phi) is 3.65. The van der Waals surface area contributed by atoms with Crippen LogP contribution in [-0.2, 0) is 19.4 Å². The average Bonchev–Trinajstić information content (AvgIpc) is 2.53. The summed E-state index contributed by atoms with van der Waals surface area (Å²) in [4.78, 5) is 11.1. The summed E-state index contributed by atoms with van der Waals surface area (Å²) >= 11 is 0. The summed E-state index contributed by atoms with van der Waals surface area (Å²) in [5, 5.41) is 0. The number of rotatable bonds is 3. The number of aromatic nitrogens is 2. The number of aryl methyl sites for hydroxylation is 1. The second-order valence-electron chi connectivity index (χ2n) is 5.26. The van der Waals surface area contributed by atoms with Gasteiger partial charge in [0, 0.05) is 30.5 Å². The van der Waals surface area contributed by atoms with Gasteiger partial charge in [-0.2, -0.15) is 0 Å². The van der Waals surface area contributed by atoms with E-state index < -0.39 is 0 Å². The van der Waals surface area contributed by atoms with Crippen LogP contribution in [0.25, 0.3) is 0 Å². The number of nitrogens with zero attached hydrogens (tertiary/aromatic N) is 3. The summed E-state index contributed by atoms with van der Waals surface area (Å²) in [6.07, 6.45) is 6.29. The third kappa shape index (κ3) is 2.39. The van der Waals surface area contributed by atoms with Crippen molar-refractivity contribution in [1.82, 2.24) is 9.97 Å². The van der Waals surface area contributed by atoms with Crippen LogP contribution in [0.2, 0.25) is 0 Å². The fourth-order valence-corrected chi connectivity index (χ4v) is 2.81. The summed E-state index contributed by atoms with van der Waals surface area (Å²) in [6, 6.07) is 8.31. The molecule has 0 saturated heterocycles. The van der Waals surface area contributed by atoms with E-state index in [-0.39, 0.29) is 0 Å². The second kappa shape index (κ2) is 5.59. The molecule has 0 bridgehead atoms. The highest BCUT2D eigenvalue weighted by atomic mass is 15.2. The summed E-state index contributed by atoms with van der Waals surface area (Å²) in [5.41, 5.74) is 10.5. The van der Waals surface area contributed by atoms with Crippen molar-refractivity contribution in [3.8, 4) is 0 Å². The van der Waals surface area contributed by atoms with Crippen molar-refractivity contribution in [3.05, 3.63) is 47.4 Å². The molecule has 0 aliphatic heterocycles. The lowest BCUT2D eigenvalue weighted by molar-refractivity contribution is 0.661. The number of benzene rings is 1. The van der Waals surface area contributed by atoms with Gasteiger partial charge in [0.05, 0.1) is 0 Å². The van der Waals surface area contributed by atoms with Crippen molar-refractivity contribution in [1.29, 1.82) is 0 Å². The number of hydrogen-bond acceptors (Lipinski definition) is 4. The molecule has 0 fully saturated rings. The molecule has 1 aliphatic carbocycles. The molecular formula is C16H20N4. The smallest absolute Gasteiger partial charge is 0.139 e. The lowest BCUT2D eigenvalue weighted by Gasteiger charge is -2.25. The zero-order chi connectivity index (χ0) is 13.9. The first-order valence-corrected chi connectivity index (χ1v) is 7.15. The van der Waals surface area contributed by atoms with Crippen LogP contribution in [0.1, 0.15) is 29.7 Å². The summed E-state index contributed by atoms with van der Waals surface area (Å²) in [7, 11) is 2.06. The molecule has 3 rings (SSSR count). The molecule has 1 aliphatic rings. The maximum Gasteiger partial charge on any atom is 0.139 e. The standard InChI is InChI=1S/C16H20N4/c1-20(13-6-4-5-12(9-13)10-17)16-14-7-2-3-8-15(14)18-11-19-16/h4-6,9,11H,2-3,7-8,10,17H2,1H3. The fourth-order valence-electron chi connectivity index (χ4n) is 2.81. The molecule has 2 N–H and O–H groups in total. The largest absolute Gasteiger partial charge is 0.329 e. The third-order valence-corrected chi connectivity index (χ3v) is 3.95. The van der Waals surface area contributed by atoms with Gasteiger partial charge >= 0.3 is 0 Å². The number of fused-ring (bicyclic) bond motifs is 1. The van der Waals surface area contributed by atoms with E-state index in [1.54, 1.807) is 6.33 Å². The van der Waals surface area contributed by atoms with Gasteiger partial charge in [0.1, 0.15) is 12.1 Å². The molecule has 20 heavy (non-hydrogen) atoms. The minimum Gasteiger partial charge on any atom is -0.329 e. The second-order valence-corrected chi connectivity index (χ2v) is 5.26. The van der Waals surface area contributed by atoms with Gasteiger partial charge in [0.15, 0.2) is 0 Å². The van der Waals surface area contributed by atoms with Gasteiger partial charge in [-0.25, -0.2) is 9.97 Å². The maximum atomic E-state index is 5.72. The highest BCUT2D eigenvalue weighted by Gasteiger charge is 2.18. The van der Waals surface area contributed by atoms with E-state index in [2.05, 4.69) is 34.0 Å². The first-order valence-electron chi connectivity index (χ1n) is 7.15. The Labute approximate surface area is 119 Å². The first kappa shape index (κ1) is 13.1. The Balaban J connectivity index is 1.99. The number of anilines is 2. The molecule has 1 heterocycles. The lowest BCUT2D eigenvalue weighted by atomic mass is 9.96. The van der Waals surface area contributed by atoms with Crippen molar-refractivity contribution in [2.24, 2.45) is 5.73 Å². The van der Waals surface area contributed by atoms with Gasteiger partial charge in [-0.15, -0.1) is 0 Å². The van der Waals surface area contributed by atoms with E-state index in [9.17, 15) is 0 Å². The molecule has 4 nitrogen and oxygen atoms in total. The van der Waals surface area contributed by atoms with E-state index in [0.29, 0.717) is 6.54 Å². The minimum absolute atomic E-state index is 0.559. The fraction of sp³-hybridized carbons (Fsp3) is 0.375. The molecule has 0 atom stereocenters. The molecule has 1 aromatic heterocycles. The SMILES string of the molecule is CN(c1cccc(CN)c1)c1ncnc2c1CCCC2. The first-order chi connectivity index (χ1) is 9.79. The zero-order valence-electron chi connectivity index (χ0n) is 11.8. The normalized spacial score (nSPS) is 13.9.